The van der Waals surface area contributed by atoms with Crippen LogP contribution >= 0.6 is 11.3 Å². The molecule has 5 rings (SSSR count). The lowest BCUT2D eigenvalue weighted by atomic mass is 9.88. The molecule has 0 fully saturated rings. The summed E-state index contributed by atoms with van der Waals surface area (Å²) < 4.78 is 36.0. The van der Waals surface area contributed by atoms with Gasteiger partial charge in [0.05, 0.1) is 5.92 Å². The van der Waals surface area contributed by atoms with Crippen molar-refractivity contribution in [3.63, 3.8) is 0 Å². The summed E-state index contributed by atoms with van der Waals surface area (Å²) in [6.45, 7) is 0. The standard InChI is InChI=1S/C25H17N3O4S2/c26-15-20-21(22-25(31-23(20)27)33-24(28-22)17-7-3-1-4-8-17)16-11-13-18(14-12-16)32-34(29,30)19-9-5-2-6-10-19/h1-14,21H,27H2. The zero-order valence-corrected chi connectivity index (χ0v) is 19.2. The van der Waals surface area contributed by atoms with Crippen molar-refractivity contribution < 1.29 is 17.3 Å². The molecule has 0 saturated heterocycles. The number of rotatable bonds is 5. The first kappa shape index (κ1) is 21.7. The second-order valence-corrected chi connectivity index (χ2v) is 9.91. The van der Waals surface area contributed by atoms with E-state index in [2.05, 4.69) is 6.07 Å². The van der Waals surface area contributed by atoms with Crippen molar-refractivity contribution in [1.82, 2.24) is 4.98 Å². The van der Waals surface area contributed by atoms with Crippen LogP contribution in [-0.2, 0) is 10.1 Å². The molecule has 7 nitrogen and oxygen atoms in total. The van der Waals surface area contributed by atoms with Gasteiger partial charge >= 0.3 is 10.1 Å². The minimum absolute atomic E-state index is 0.0234. The minimum atomic E-state index is -3.96. The summed E-state index contributed by atoms with van der Waals surface area (Å²) in [7, 11) is -3.96. The maximum atomic E-state index is 12.5. The molecular weight excluding hydrogens is 470 g/mol. The molecule has 0 spiro atoms. The van der Waals surface area contributed by atoms with Crippen molar-refractivity contribution in [1.29, 1.82) is 5.26 Å². The zero-order valence-electron chi connectivity index (χ0n) is 17.6. The molecule has 0 saturated carbocycles. The molecule has 1 aliphatic rings. The number of nitriles is 1. The van der Waals surface area contributed by atoms with Crippen molar-refractivity contribution in [3.05, 3.63) is 108 Å². The molecule has 0 bridgehead atoms. The first-order valence-corrected chi connectivity index (χ1v) is 12.4. The van der Waals surface area contributed by atoms with Crippen molar-refractivity contribution in [2.75, 3.05) is 0 Å². The molecule has 1 atom stereocenters. The second kappa shape index (κ2) is 8.67. The van der Waals surface area contributed by atoms with Gasteiger partial charge in [-0.15, -0.1) is 0 Å². The SMILES string of the molecule is N#CC1=C(N)Oc2sc(-c3ccccc3)nc2C1c1ccc(OS(=O)(=O)c2ccccc2)cc1. The van der Waals surface area contributed by atoms with Gasteiger partial charge < -0.3 is 14.7 Å². The van der Waals surface area contributed by atoms with Gasteiger partial charge in [-0.05, 0) is 29.8 Å². The van der Waals surface area contributed by atoms with E-state index in [1.54, 1.807) is 42.5 Å². The van der Waals surface area contributed by atoms with Gasteiger partial charge in [-0.3, -0.25) is 0 Å². The third-order valence-corrected chi connectivity index (χ3v) is 7.50. The largest absolute Gasteiger partial charge is 0.428 e. The van der Waals surface area contributed by atoms with Crippen LogP contribution in [0.3, 0.4) is 0 Å². The predicted molar refractivity (Wildman–Crippen MR) is 128 cm³/mol. The molecular formula is C25H17N3O4S2. The van der Waals surface area contributed by atoms with Crippen LogP contribution in [0.2, 0.25) is 0 Å². The summed E-state index contributed by atoms with van der Waals surface area (Å²) in [5.74, 6) is -0.379. The number of ether oxygens (including phenoxy) is 1. The molecule has 0 radical (unpaired) electrons. The summed E-state index contributed by atoms with van der Waals surface area (Å²) in [6, 6.07) is 26.2. The Labute approximate surface area is 200 Å². The Morgan fingerprint density at radius 1 is 0.971 bits per heavy atom. The van der Waals surface area contributed by atoms with Gasteiger partial charge in [-0.25, -0.2) is 4.98 Å². The maximum Gasteiger partial charge on any atom is 0.339 e. The number of allylic oxidation sites excluding steroid dienone is 1. The molecule has 4 aromatic rings. The Hall–Kier alpha value is -4.13. The van der Waals surface area contributed by atoms with Crippen LogP contribution in [0.25, 0.3) is 10.6 Å². The normalized spacial score (nSPS) is 15.2. The van der Waals surface area contributed by atoms with Gasteiger partial charge in [0, 0.05) is 5.56 Å². The Kier molecular flexibility index (Phi) is 5.53. The van der Waals surface area contributed by atoms with Gasteiger partial charge in [0.1, 0.15) is 33.0 Å². The van der Waals surface area contributed by atoms with Gasteiger partial charge in [0.15, 0.2) is 0 Å². The number of aromatic nitrogens is 1. The highest BCUT2D eigenvalue weighted by Crippen LogP contribution is 2.46. The van der Waals surface area contributed by atoms with E-state index in [0.29, 0.717) is 16.3 Å². The Morgan fingerprint density at radius 2 is 1.62 bits per heavy atom. The van der Waals surface area contributed by atoms with Crippen LogP contribution < -0.4 is 14.7 Å². The Bertz CT molecular complexity index is 1520. The van der Waals surface area contributed by atoms with Crippen LogP contribution in [0, 0.1) is 11.3 Å². The third kappa shape index (κ3) is 4.01. The van der Waals surface area contributed by atoms with E-state index in [1.165, 1.54) is 23.5 Å². The van der Waals surface area contributed by atoms with Gasteiger partial charge in [-0.2, -0.15) is 13.7 Å². The number of thiazole rings is 1. The molecule has 0 amide bonds. The highest BCUT2D eigenvalue weighted by molar-refractivity contribution is 7.87. The molecule has 34 heavy (non-hydrogen) atoms. The van der Waals surface area contributed by atoms with Crippen molar-refractivity contribution in [2.45, 2.75) is 10.8 Å². The third-order valence-electron chi connectivity index (χ3n) is 5.24. The molecule has 3 aromatic carbocycles. The van der Waals surface area contributed by atoms with Crippen molar-refractivity contribution in [2.24, 2.45) is 5.73 Å². The van der Waals surface area contributed by atoms with Gasteiger partial charge in [0.2, 0.25) is 10.9 Å². The van der Waals surface area contributed by atoms with E-state index < -0.39 is 16.0 Å². The van der Waals surface area contributed by atoms with Crippen molar-refractivity contribution >= 4 is 21.5 Å². The fourth-order valence-corrected chi connectivity index (χ4v) is 5.56. The number of benzene rings is 3. The number of hydrogen-bond acceptors (Lipinski definition) is 8. The monoisotopic (exact) mass is 487 g/mol. The van der Waals surface area contributed by atoms with Crippen LogP contribution in [0.5, 0.6) is 10.8 Å². The number of fused-ring (bicyclic) bond motifs is 1. The highest BCUT2D eigenvalue weighted by Gasteiger charge is 2.34. The van der Waals surface area contributed by atoms with Crippen LogP contribution in [-0.4, -0.2) is 13.4 Å². The quantitative estimate of drug-likeness (QED) is 0.402. The topological polar surface area (TPSA) is 115 Å². The highest BCUT2D eigenvalue weighted by atomic mass is 32.2. The summed E-state index contributed by atoms with van der Waals surface area (Å²) in [4.78, 5) is 4.82. The smallest absolute Gasteiger partial charge is 0.339 e. The average molecular weight is 488 g/mol. The number of nitrogens with two attached hydrogens (primary N) is 1. The molecule has 1 aliphatic heterocycles. The number of hydrogen-bond donors (Lipinski definition) is 1. The molecule has 168 valence electrons. The van der Waals surface area contributed by atoms with Crippen molar-refractivity contribution in [3.8, 4) is 27.5 Å². The van der Waals surface area contributed by atoms with E-state index in [-0.39, 0.29) is 22.1 Å². The van der Waals surface area contributed by atoms with Gasteiger partial charge in [-0.1, -0.05) is 72.0 Å². The van der Waals surface area contributed by atoms with E-state index >= 15 is 0 Å². The van der Waals surface area contributed by atoms with Crippen LogP contribution in [0.1, 0.15) is 17.2 Å². The lowest BCUT2D eigenvalue weighted by Gasteiger charge is -2.22. The zero-order chi connectivity index (χ0) is 23.7. The van der Waals surface area contributed by atoms with Crippen LogP contribution in [0.4, 0.5) is 0 Å². The number of nitrogens with zero attached hydrogens (tertiary/aromatic N) is 2. The lowest BCUT2D eigenvalue weighted by molar-refractivity contribution is 0.403. The van der Waals surface area contributed by atoms with E-state index in [1.807, 2.05) is 30.3 Å². The van der Waals surface area contributed by atoms with E-state index in [9.17, 15) is 13.7 Å². The lowest BCUT2D eigenvalue weighted by Crippen LogP contribution is -2.20. The predicted octanol–water partition coefficient (Wildman–Crippen LogP) is 4.80. The molecule has 1 unspecified atom stereocenters. The molecule has 1 aromatic heterocycles. The Morgan fingerprint density at radius 3 is 2.26 bits per heavy atom. The van der Waals surface area contributed by atoms with Gasteiger partial charge in [0.25, 0.3) is 0 Å². The molecule has 2 heterocycles. The Balaban J connectivity index is 1.49. The molecule has 2 N–H and O–H groups in total. The molecule has 0 aliphatic carbocycles. The second-order valence-electron chi connectivity index (χ2n) is 7.40. The summed E-state index contributed by atoms with van der Waals surface area (Å²) >= 11 is 1.35. The first-order valence-electron chi connectivity index (χ1n) is 10.2. The fourth-order valence-electron chi connectivity index (χ4n) is 3.63. The summed E-state index contributed by atoms with van der Waals surface area (Å²) in [6.07, 6.45) is 0. The summed E-state index contributed by atoms with van der Waals surface area (Å²) in [5, 5.41) is 11.0. The van der Waals surface area contributed by atoms with Crippen LogP contribution in [0.15, 0.2) is 101 Å². The van der Waals surface area contributed by atoms with E-state index in [4.69, 9.17) is 19.6 Å². The van der Waals surface area contributed by atoms with E-state index in [0.717, 1.165) is 10.6 Å². The summed E-state index contributed by atoms with van der Waals surface area (Å²) in [5.41, 5.74) is 8.52. The maximum absolute atomic E-state index is 12.5. The first-order chi connectivity index (χ1) is 16.5. The average Bonchev–Trinajstić information content (AvgIpc) is 3.28. The molecule has 9 heteroatoms. The minimum Gasteiger partial charge on any atom is -0.428 e. The fraction of sp³-hybridized carbons (Fsp3) is 0.0400.